The third-order valence-electron chi connectivity index (χ3n) is 2.21. The van der Waals surface area contributed by atoms with E-state index in [0.29, 0.717) is 11.6 Å². The minimum atomic E-state index is -0.267. The van der Waals surface area contributed by atoms with E-state index in [1.165, 1.54) is 12.1 Å². The summed E-state index contributed by atoms with van der Waals surface area (Å²) in [5.74, 6) is 0.104. The van der Waals surface area contributed by atoms with Crippen molar-refractivity contribution in [1.82, 2.24) is 0 Å². The fourth-order valence-electron chi connectivity index (χ4n) is 1.35. The standard InChI is InChI=1S/C10H10FNO/c11-9-5-3-8(4-6-9)10(12-13)7-1-2-7/h3-7,13H,1-2H2. The molecule has 1 aromatic rings. The lowest BCUT2D eigenvalue weighted by Gasteiger charge is -2.01. The van der Waals surface area contributed by atoms with Gasteiger partial charge in [0.2, 0.25) is 0 Å². The van der Waals surface area contributed by atoms with Crippen LogP contribution in [0.1, 0.15) is 18.4 Å². The zero-order chi connectivity index (χ0) is 9.26. The summed E-state index contributed by atoms with van der Waals surface area (Å²) in [6, 6.07) is 6.04. The zero-order valence-corrected chi connectivity index (χ0v) is 7.07. The van der Waals surface area contributed by atoms with Crippen molar-refractivity contribution in [2.24, 2.45) is 11.1 Å². The van der Waals surface area contributed by atoms with Crippen LogP contribution in [0.15, 0.2) is 29.4 Å². The molecule has 0 amide bonds. The number of oxime groups is 1. The summed E-state index contributed by atoms with van der Waals surface area (Å²) in [7, 11) is 0. The van der Waals surface area contributed by atoms with Gasteiger partial charge >= 0.3 is 0 Å². The van der Waals surface area contributed by atoms with Gasteiger partial charge in [-0.1, -0.05) is 17.3 Å². The predicted molar refractivity (Wildman–Crippen MR) is 47.4 cm³/mol. The lowest BCUT2D eigenvalue weighted by atomic mass is 10.1. The highest BCUT2D eigenvalue weighted by atomic mass is 19.1. The second-order valence-electron chi connectivity index (χ2n) is 3.27. The van der Waals surface area contributed by atoms with E-state index in [2.05, 4.69) is 5.16 Å². The molecular formula is C10H10FNO. The highest BCUT2D eigenvalue weighted by molar-refractivity contribution is 6.03. The first-order valence-corrected chi connectivity index (χ1v) is 4.29. The highest BCUT2D eigenvalue weighted by Gasteiger charge is 2.28. The van der Waals surface area contributed by atoms with Crippen LogP contribution in [0.3, 0.4) is 0 Å². The van der Waals surface area contributed by atoms with Crippen molar-refractivity contribution in [2.75, 3.05) is 0 Å². The van der Waals surface area contributed by atoms with Gasteiger partial charge in [0, 0.05) is 5.92 Å². The summed E-state index contributed by atoms with van der Waals surface area (Å²) in [5, 5.41) is 12.0. The quantitative estimate of drug-likeness (QED) is 0.422. The number of benzene rings is 1. The van der Waals surface area contributed by atoms with Gasteiger partial charge in [-0.05, 0) is 30.5 Å². The monoisotopic (exact) mass is 179 g/mol. The molecule has 0 atom stereocenters. The third-order valence-corrected chi connectivity index (χ3v) is 2.21. The first-order valence-electron chi connectivity index (χ1n) is 4.29. The summed E-state index contributed by atoms with van der Waals surface area (Å²) >= 11 is 0. The molecule has 13 heavy (non-hydrogen) atoms. The van der Waals surface area contributed by atoms with Crippen molar-refractivity contribution in [3.05, 3.63) is 35.6 Å². The van der Waals surface area contributed by atoms with E-state index in [1.54, 1.807) is 12.1 Å². The first-order chi connectivity index (χ1) is 6.31. The van der Waals surface area contributed by atoms with Crippen LogP contribution < -0.4 is 0 Å². The molecule has 2 nitrogen and oxygen atoms in total. The van der Waals surface area contributed by atoms with E-state index in [0.717, 1.165) is 18.4 Å². The molecule has 0 saturated heterocycles. The summed E-state index contributed by atoms with van der Waals surface area (Å²) in [4.78, 5) is 0. The molecule has 0 aromatic heterocycles. The fourth-order valence-corrected chi connectivity index (χ4v) is 1.35. The van der Waals surface area contributed by atoms with Crippen molar-refractivity contribution in [3.8, 4) is 0 Å². The maximum absolute atomic E-state index is 12.6. The Bertz CT molecular complexity index is 327. The van der Waals surface area contributed by atoms with Crippen molar-refractivity contribution in [1.29, 1.82) is 0 Å². The van der Waals surface area contributed by atoms with Crippen LogP contribution in [0.4, 0.5) is 4.39 Å². The van der Waals surface area contributed by atoms with Gasteiger partial charge in [0.1, 0.15) is 5.82 Å². The van der Waals surface area contributed by atoms with Gasteiger partial charge in [-0.15, -0.1) is 0 Å². The largest absolute Gasteiger partial charge is 0.411 e. The van der Waals surface area contributed by atoms with Crippen LogP contribution in [-0.4, -0.2) is 10.9 Å². The van der Waals surface area contributed by atoms with Gasteiger partial charge in [-0.25, -0.2) is 4.39 Å². The second-order valence-corrected chi connectivity index (χ2v) is 3.27. The van der Waals surface area contributed by atoms with Gasteiger partial charge in [0.15, 0.2) is 0 Å². The average molecular weight is 179 g/mol. The van der Waals surface area contributed by atoms with Crippen LogP contribution in [0.2, 0.25) is 0 Å². The number of nitrogens with zero attached hydrogens (tertiary/aromatic N) is 1. The Balaban J connectivity index is 2.28. The molecule has 68 valence electrons. The van der Waals surface area contributed by atoms with Gasteiger partial charge in [-0.2, -0.15) is 0 Å². The molecular weight excluding hydrogens is 169 g/mol. The van der Waals surface area contributed by atoms with Crippen molar-refractivity contribution in [2.45, 2.75) is 12.8 Å². The molecule has 3 heteroatoms. The van der Waals surface area contributed by atoms with Crippen LogP contribution in [0, 0.1) is 11.7 Å². The summed E-state index contributed by atoms with van der Waals surface area (Å²) in [5.41, 5.74) is 1.49. The van der Waals surface area contributed by atoms with Gasteiger partial charge in [-0.3, -0.25) is 0 Å². The number of hydrogen-bond donors (Lipinski definition) is 1. The van der Waals surface area contributed by atoms with E-state index in [9.17, 15) is 4.39 Å². The van der Waals surface area contributed by atoms with E-state index >= 15 is 0 Å². The maximum Gasteiger partial charge on any atom is 0.123 e. The summed E-state index contributed by atoms with van der Waals surface area (Å²) in [6.07, 6.45) is 2.13. The third kappa shape index (κ3) is 1.69. The molecule has 1 N–H and O–H groups in total. The molecule has 1 fully saturated rings. The average Bonchev–Trinajstić information content (AvgIpc) is 2.93. The van der Waals surface area contributed by atoms with Gasteiger partial charge in [0.05, 0.1) is 5.71 Å². The smallest absolute Gasteiger partial charge is 0.123 e. The van der Waals surface area contributed by atoms with Crippen molar-refractivity contribution in [3.63, 3.8) is 0 Å². The number of rotatable bonds is 2. The van der Waals surface area contributed by atoms with Crippen LogP contribution in [-0.2, 0) is 0 Å². The van der Waals surface area contributed by atoms with E-state index in [1.807, 2.05) is 0 Å². The van der Waals surface area contributed by atoms with E-state index in [4.69, 9.17) is 5.21 Å². The van der Waals surface area contributed by atoms with E-state index < -0.39 is 0 Å². The Morgan fingerprint density at radius 3 is 2.38 bits per heavy atom. The minimum Gasteiger partial charge on any atom is -0.411 e. The minimum absolute atomic E-state index is 0.267. The fraction of sp³-hybridized carbons (Fsp3) is 0.300. The first kappa shape index (κ1) is 8.23. The predicted octanol–water partition coefficient (Wildman–Crippen LogP) is 2.41. The van der Waals surface area contributed by atoms with E-state index in [-0.39, 0.29) is 5.82 Å². The molecule has 2 rings (SSSR count). The molecule has 1 aliphatic rings. The molecule has 1 aromatic carbocycles. The zero-order valence-electron chi connectivity index (χ0n) is 7.07. The Morgan fingerprint density at radius 1 is 1.31 bits per heavy atom. The summed E-state index contributed by atoms with van der Waals surface area (Å²) < 4.78 is 12.6. The number of hydrogen-bond acceptors (Lipinski definition) is 2. The van der Waals surface area contributed by atoms with Crippen molar-refractivity contribution >= 4 is 5.71 Å². The second kappa shape index (κ2) is 3.17. The lowest BCUT2D eigenvalue weighted by Crippen LogP contribution is -2.03. The Labute approximate surface area is 75.7 Å². The summed E-state index contributed by atoms with van der Waals surface area (Å²) in [6.45, 7) is 0. The molecule has 0 aliphatic heterocycles. The molecule has 0 radical (unpaired) electrons. The van der Waals surface area contributed by atoms with Crippen molar-refractivity contribution < 1.29 is 9.60 Å². The molecule has 1 aliphatic carbocycles. The van der Waals surface area contributed by atoms with Crippen LogP contribution in [0.5, 0.6) is 0 Å². The van der Waals surface area contributed by atoms with Gasteiger partial charge in [0.25, 0.3) is 0 Å². The topological polar surface area (TPSA) is 32.6 Å². The Kier molecular flexibility index (Phi) is 2.00. The molecule has 0 heterocycles. The molecule has 1 saturated carbocycles. The maximum atomic E-state index is 12.6. The SMILES string of the molecule is ON=C(c1ccc(F)cc1)C1CC1. The van der Waals surface area contributed by atoms with Gasteiger partial charge < -0.3 is 5.21 Å². The lowest BCUT2D eigenvalue weighted by molar-refractivity contribution is 0.317. The normalized spacial score (nSPS) is 17.5. The van der Waals surface area contributed by atoms with Crippen LogP contribution in [0.25, 0.3) is 0 Å². The molecule has 0 unspecified atom stereocenters. The molecule has 0 bridgehead atoms. The molecule has 0 spiro atoms. The Morgan fingerprint density at radius 2 is 1.92 bits per heavy atom. The highest BCUT2D eigenvalue weighted by Crippen LogP contribution is 2.33. The van der Waals surface area contributed by atoms with Crippen LogP contribution >= 0.6 is 0 Å². The Hall–Kier alpha value is -1.38. The number of halogens is 1.